The molecule has 6 heterocycles. The molecule has 0 bridgehead atoms. The van der Waals surface area contributed by atoms with Crippen LogP contribution in [0.3, 0.4) is 0 Å². The topological polar surface area (TPSA) is 316 Å². The van der Waals surface area contributed by atoms with Crippen LogP contribution in [-0.4, -0.2) is 99.3 Å². The summed E-state index contributed by atoms with van der Waals surface area (Å²) in [6, 6.07) is 3.76. The van der Waals surface area contributed by atoms with E-state index < -0.39 is 139 Å². The zero-order valence-corrected chi connectivity index (χ0v) is 62.7. The molecule has 6 N–H and O–H groups in total. The van der Waals surface area contributed by atoms with Gasteiger partial charge >= 0.3 is 17.9 Å². The van der Waals surface area contributed by atoms with Gasteiger partial charge in [0.2, 0.25) is 34.7 Å². The first-order chi connectivity index (χ1) is 52.2. The number of carboxylic acids is 3. The van der Waals surface area contributed by atoms with E-state index in [1.807, 2.05) is 20.8 Å². The molecule has 0 saturated heterocycles. The number of ketones is 6. The molecule has 3 aliphatic heterocycles. The lowest BCUT2D eigenvalue weighted by Gasteiger charge is -2.36. The molecule has 0 atom stereocenters. The Balaban J connectivity index is 0.000000177. The molecule has 0 unspecified atom stereocenters. The van der Waals surface area contributed by atoms with Gasteiger partial charge in [-0.2, -0.15) is 0 Å². The molecule has 3 amide bonds. The third-order valence-corrected chi connectivity index (χ3v) is 23.3. The molecule has 594 valence electrons. The number of carboxylic acid groups (broad SMARTS) is 3. The van der Waals surface area contributed by atoms with Crippen molar-refractivity contribution in [3.63, 3.8) is 0 Å². The van der Waals surface area contributed by atoms with Crippen molar-refractivity contribution in [2.45, 2.75) is 195 Å². The fourth-order valence-corrected chi connectivity index (χ4v) is 17.4. The number of carbonyl (C=O) groups is 12. The van der Waals surface area contributed by atoms with Gasteiger partial charge in [0.1, 0.15) is 17.1 Å². The van der Waals surface area contributed by atoms with Crippen molar-refractivity contribution in [1.82, 2.24) is 13.7 Å². The van der Waals surface area contributed by atoms with Crippen LogP contribution in [0.2, 0.25) is 15.1 Å². The maximum Gasteiger partial charge on any atom is 0.303 e. The number of hydrogen-bond acceptors (Lipinski definition) is 12. The summed E-state index contributed by atoms with van der Waals surface area (Å²) in [5, 5.41) is 33.2. The molecule has 3 aromatic carbocycles. The second kappa shape index (κ2) is 34.3. The minimum Gasteiger partial charge on any atom is -0.481 e. The Morgan fingerprint density at radius 2 is 0.586 bits per heavy atom. The van der Waals surface area contributed by atoms with Gasteiger partial charge in [-0.15, -0.1) is 0 Å². The second-order valence-corrected chi connectivity index (χ2v) is 31.8. The molecule has 6 aliphatic rings. The van der Waals surface area contributed by atoms with Gasteiger partial charge < -0.3 is 45.0 Å². The highest BCUT2D eigenvalue weighted by molar-refractivity contribution is 6.50. The van der Waals surface area contributed by atoms with E-state index in [1.54, 1.807) is 0 Å². The average Bonchev–Trinajstić information content (AvgIpc) is 1.61. The Kier molecular flexibility index (Phi) is 26.0. The van der Waals surface area contributed by atoms with Crippen molar-refractivity contribution in [2.75, 3.05) is 16.0 Å². The highest BCUT2D eigenvalue weighted by Crippen LogP contribution is 2.47. The van der Waals surface area contributed by atoms with E-state index in [0.717, 1.165) is 0 Å². The number of carbonyl (C=O) groups excluding carboxylic acids is 9. The minimum absolute atomic E-state index is 0.0296. The third kappa shape index (κ3) is 18.9. The molecular formula is C78H78Cl3F9N6O15. The number of nitrogens with zero attached hydrogens (tertiary/aromatic N) is 3. The first kappa shape index (κ1) is 84.0. The third-order valence-electron chi connectivity index (χ3n) is 22.2. The van der Waals surface area contributed by atoms with Crippen LogP contribution in [0.25, 0.3) is 0 Å². The summed E-state index contributed by atoms with van der Waals surface area (Å²) in [7, 11) is 0. The van der Waals surface area contributed by atoms with Crippen LogP contribution < -0.4 is 16.0 Å². The molecule has 6 aromatic rings. The summed E-state index contributed by atoms with van der Waals surface area (Å²) in [5.41, 5.74) is -1.53. The van der Waals surface area contributed by atoms with Crippen LogP contribution in [0.4, 0.5) is 56.6 Å². The van der Waals surface area contributed by atoms with E-state index in [9.17, 15) is 97.0 Å². The Hall–Kier alpha value is -9.42. The summed E-state index contributed by atoms with van der Waals surface area (Å²) < 4.78 is 126. The van der Waals surface area contributed by atoms with E-state index in [4.69, 9.17) is 50.1 Å². The van der Waals surface area contributed by atoms with Gasteiger partial charge in [-0.3, -0.25) is 57.5 Å². The van der Waals surface area contributed by atoms with Crippen LogP contribution >= 0.6 is 34.8 Å². The fraction of sp³-hybridized carbons (Fsp3) is 0.462. The van der Waals surface area contributed by atoms with E-state index in [-0.39, 0.29) is 122 Å². The van der Waals surface area contributed by atoms with E-state index in [1.165, 1.54) is 13.7 Å². The zero-order chi connectivity index (χ0) is 81.2. The lowest BCUT2D eigenvalue weighted by atomic mass is 9.68. The molecule has 3 saturated carbocycles. The first-order valence-corrected chi connectivity index (χ1v) is 37.3. The van der Waals surface area contributed by atoms with Crippen molar-refractivity contribution in [3.8, 4) is 0 Å². The standard InChI is InChI=1S/3C26H26ClF3N2O5/c3*1-26(6-4-13(5-7-26)9-19(34)35)12-18(33)24(36)23-21(27)20(17-3-2-8-32(17)23)25(37)31-14-10-15(28)22(30)16(29)11-14/h3*10-11,13H,2-9,12H2,1H3,(H,31,37)(H,34,35). The minimum atomic E-state index is -1.67. The number of nitrogens with one attached hydrogen (secondary N) is 3. The summed E-state index contributed by atoms with van der Waals surface area (Å²) >= 11 is 19.4. The molecule has 111 heavy (non-hydrogen) atoms. The largest absolute Gasteiger partial charge is 0.481 e. The number of rotatable bonds is 24. The second-order valence-electron chi connectivity index (χ2n) is 30.7. The molecule has 3 aliphatic carbocycles. The summed E-state index contributed by atoms with van der Waals surface area (Å²) in [6.07, 6.45) is 10.8. The summed E-state index contributed by atoms with van der Waals surface area (Å²) in [5.74, 6) is -23.2. The molecule has 12 rings (SSSR count). The van der Waals surface area contributed by atoms with Crippen molar-refractivity contribution in [3.05, 3.63) is 155 Å². The van der Waals surface area contributed by atoms with Crippen LogP contribution in [0.15, 0.2) is 36.4 Å². The maximum absolute atomic E-state index is 13.6. The van der Waals surface area contributed by atoms with Gasteiger partial charge in [0, 0.05) is 129 Å². The first-order valence-electron chi connectivity index (χ1n) is 36.2. The Labute approximate surface area is 644 Å². The van der Waals surface area contributed by atoms with Gasteiger partial charge in [0.25, 0.3) is 17.7 Å². The Morgan fingerprint density at radius 1 is 0.378 bits per heavy atom. The summed E-state index contributed by atoms with van der Waals surface area (Å²) in [6.45, 7) is 6.80. The van der Waals surface area contributed by atoms with Crippen LogP contribution in [0, 0.1) is 86.4 Å². The smallest absolute Gasteiger partial charge is 0.303 e. The van der Waals surface area contributed by atoms with E-state index in [0.29, 0.717) is 189 Å². The fourth-order valence-electron chi connectivity index (χ4n) is 16.3. The number of halogens is 12. The molecular weight excluding hydrogens is 1540 g/mol. The predicted octanol–water partition coefficient (Wildman–Crippen LogP) is 16.7. The summed E-state index contributed by atoms with van der Waals surface area (Å²) in [4.78, 5) is 151. The number of anilines is 3. The van der Waals surface area contributed by atoms with E-state index in [2.05, 4.69) is 16.0 Å². The van der Waals surface area contributed by atoms with Crippen molar-refractivity contribution in [1.29, 1.82) is 0 Å². The number of benzene rings is 3. The predicted molar refractivity (Wildman–Crippen MR) is 385 cm³/mol. The highest BCUT2D eigenvalue weighted by Gasteiger charge is 2.44. The quantitative estimate of drug-likeness (QED) is 0.0142. The van der Waals surface area contributed by atoms with Gasteiger partial charge in [-0.05, 0) is 150 Å². The Morgan fingerprint density at radius 3 is 0.784 bits per heavy atom. The molecule has 0 radical (unpaired) electrons. The monoisotopic (exact) mass is 1610 g/mol. The van der Waals surface area contributed by atoms with Gasteiger partial charge in [-0.1, -0.05) is 55.6 Å². The normalized spacial score (nSPS) is 20.9. The number of fused-ring (bicyclic) bond motifs is 3. The van der Waals surface area contributed by atoms with Crippen LogP contribution in [0.5, 0.6) is 0 Å². The number of hydrogen-bond donors (Lipinski definition) is 6. The molecule has 21 nitrogen and oxygen atoms in total. The highest BCUT2D eigenvalue weighted by atomic mass is 35.5. The van der Waals surface area contributed by atoms with E-state index >= 15 is 0 Å². The molecule has 0 spiro atoms. The molecule has 33 heteroatoms. The van der Waals surface area contributed by atoms with Crippen LogP contribution in [0.1, 0.15) is 235 Å². The lowest BCUT2D eigenvalue weighted by molar-refractivity contribution is -0.139. The average molecular weight is 1620 g/mol. The Bertz CT molecular complexity index is 4290. The SMILES string of the molecule is CC1(CC(=O)C(=O)c2c(Cl)c(C(=O)Nc3cc(F)c(F)c(F)c3)c3n2CCC3)CCC(CC(=O)O)CC1.CC1(CC(=O)C(=O)c2c(Cl)c(C(=O)Nc3cc(F)c(F)c(F)c3)c3n2CCC3)CCC(CC(=O)O)CC1.CC1(CC(=O)C(=O)c2c(Cl)c(C(=O)Nc3cc(F)c(F)c(F)c3)c3n2CCC3)CCC(CC(=O)O)CC1. The zero-order valence-electron chi connectivity index (χ0n) is 60.4. The number of amides is 3. The number of aliphatic carboxylic acids is 3. The van der Waals surface area contributed by atoms with Crippen molar-refractivity contribution >= 4 is 122 Å². The van der Waals surface area contributed by atoms with Crippen LogP contribution in [-0.2, 0) is 67.7 Å². The number of aromatic nitrogens is 3. The molecule has 3 aromatic heterocycles. The van der Waals surface area contributed by atoms with Crippen molar-refractivity contribution < 1.29 is 112 Å². The van der Waals surface area contributed by atoms with Gasteiger partial charge in [0.05, 0.1) is 31.8 Å². The van der Waals surface area contributed by atoms with Gasteiger partial charge in [0.15, 0.2) is 52.4 Å². The van der Waals surface area contributed by atoms with Crippen molar-refractivity contribution in [2.24, 2.45) is 34.0 Å². The molecule has 3 fully saturated rings. The maximum atomic E-state index is 13.6. The van der Waals surface area contributed by atoms with Gasteiger partial charge in [-0.25, -0.2) is 39.5 Å². The number of Topliss-reactive ketones (excluding diaryl/α,β-unsaturated/α-hetero) is 6. The lowest BCUT2D eigenvalue weighted by Crippen LogP contribution is -2.31.